The normalized spacial score (nSPS) is 17.6. The minimum atomic E-state index is -2.71. The third-order valence-corrected chi connectivity index (χ3v) is 4.02. The summed E-state index contributed by atoms with van der Waals surface area (Å²) >= 11 is 0. The van der Waals surface area contributed by atoms with Crippen molar-refractivity contribution in [1.82, 2.24) is 9.47 Å². The molecule has 0 N–H and O–H groups in total. The van der Waals surface area contributed by atoms with Crippen LogP contribution in [0.5, 0.6) is 0 Å². The van der Waals surface area contributed by atoms with Crippen LogP contribution in [0.3, 0.4) is 0 Å². The number of carbonyl (C=O) groups is 1. The molecule has 3 rings (SSSR count). The minimum Gasteiger partial charge on any atom is -0.347 e. The maximum atomic E-state index is 13.1. The first-order valence-corrected chi connectivity index (χ1v) is 7.16. The van der Waals surface area contributed by atoms with Gasteiger partial charge in [0.2, 0.25) is 5.91 Å². The number of aromatic nitrogens is 1. The Hall–Kier alpha value is -1.91. The molecule has 0 bridgehead atoms. The Bertz CT molecular complexity index is 678. The fourth-order valence-electron chi connectivity index (χ4n) is 2.84. The SMILES string of the molecule is Cc1ccc2c(ccn2CCC(=O)N2CCC(F)(F)C2)c1. The Balaban J connectivity index is 1.65. The van der Waals surface area contributed by atoms with E-state index in [1.54, 1.807) is 0 Å². The van der Waals surface area contributed by atoms with Gasteiger partial charge in [-0.25, -0.2) is 8.78 Å². The Morgan fingerprint density at radius 3 is 2.86 bits per heavy atom. The van der Waals surface area contributed by atoms with E-state index in [-0.39, 0.29) is 25.3 Å². The Morgan fingerprint density at radius 2 is 2.14 bits per heavy atom. The zero-order valence-corrected chi connectivity index (χ0v) is 12.0. The number of hydrogen-bond acceptors (Lipinski definition) is 1. The summed E-state index contributed by atoms with van der Waals surface area (Å²) in [5, 5.41) is 1.13. The van der Waals surface area contributed by atoms with Gasteiger partial charge in [0.1, 0.15) is 0 Å². The quantitative estimate of drug-likeness (QED) is 0.853. The van der Waals surface area contributed by atoms with Crippen LogP contribution in [0.4, 0.5) is 8.78 Å². The topological polar surface area (TPSA) is 25.2 Å². The summed E-state index contributed by atoms with van der Waals surface area (Å²) in [6.07, 6.45) is 1.98. The molecule has 21 heavy (non-hydrogen) atoms. The summed E-state index contributed by atoms with van der Waals surface area (Å²) in [5.74, 6) is -2.91. The van der Waals surface area contributed by atoms with Crippen LogP contribution in [0.2, 0.25) is 0 Å². The van der Waals surface area contributed by atoms with Gasteiger partial charge in [0.25, 0.3) is 5.92 Å². The second-order valence-electron chi connectivity index (χ2n) is 5.74. The molecule has 2 aromatic rings. The molecule has 112 valence electrons. The largest absolute Gasteiger partial charge is 0.347 e. The lowest BCUT2D eigenvalue weighted by atomic mass is 10.2. The predicted octanol–water partition coefficient (Wildman–Crippen LogP) is 3.21. The monoisotopic (exact) mass is 292 g/mol. The molecular weight excluding hydrogens is 274 g/mol. The van der Waals surface area contributed by atoms with Crippen molar-refractivity contribution in [2.45, 2.75) is 32.2 Å². The first-order chi connectivity index (χ1) is 9.94. The van der Waals surface area contributed by atoms with Crippen LogP contribution in [0, 0.1) is 6.92 Å². The molecule has 0 radical (unpaired) electrons. The van der Waals surface area contributed by atoms with Gasteiger partial charge >= 0.3 is 0 Å². The summed E-state index contributed by atoms with van der Waals surface area (Å²) in [7, 11) is 0. The average molecular weight is 292 g/mol. The Kier molecular flexibility index (Phi) is 3.43. The lowest BCUT2D eigenvalue weighted by Gasteiger charge is -2.16. The lowest BCUT2D eigenvalue weighted by molar-refractivity contribution is -0.131. The van der Waals surface area contributed by atoms with E-state index in [2.05, 4.69) is 6.07 Å². The molecule has 0 unspecified atom stereocenters. The van der Waals surface area contributed by atoms with Crippen LogP contribution in [0.15, 0.2) is 30.5 Å². The van der Waals surface area contributed by atoms with Crippen LogP contribution in [-0.2, 0) is 11.3 Å². The van der Waals surface area contributed by atoms with Crippen LogP contribution in [0.25, 0.3) is 10.9 Å². The average Bonchev–Trinajstić information content (AvgIpc) is 2.99. The third-order valence-electron chi connectivity index (χ3n) is 4.02. The van der Waals surface area contributed by atoms with Crippen molar-refractivity contribution >= 4 is 16.8 Å². The number of carbonyl (C=O) groups excluding carboxylic acids is 1. The number of aryl methyl sites for hydroxylation is 2. The molecule has 1 aromatic carbocycles. The van der Waals surface area contributed by atoms with Gasteiger partial charge in [-0.2, -0.15) is 0 Å². The van der Waals surface area contributed by atoms with Crippen LogP contribution in [0.1, 0.15) is 18.4 Å². The van der Waals surface area contributed by atoms with Crippen molar-refractivity contribution in [2.24, 2.45) is 0 Å². The van der Waals surface area contributed by atoms with Crippen LogP contribution in [-0.4, -0.2) is 34.4 Å². The molecule has 1 aromatic heterocycles. The molecule has 0 spiro atoms. The zero-order chi connectivity index (χ0) is 15.0. The molecule has 1 aliphatic rings. The number of likely N-dealkylation sites (tertiary alicyclic amines) is 1. The van der Waals surface area contributed by atoms with Crippen molar-refractivity contribution < 1.29 is 13.6 Å². The fourth-order valence-corrected chi connectivity index (χ4v) is 2.84. The van der Waals surface area contributed by atoms with E-state index >= 15 is 0 Å². The highest BCUT2D eigenvalue weighted by Crippen LogP contribution is 2.27. The molecule has 0 atom stereocenters. The molecule has 0 saturated carbocycles. The van der Waals surface area contributed by atoms with Gasteiger partial charge in [-0.1, -0.05) is 11.6 Å². The summed E-state index contributed by atoms with van der Waals surface area (Å²) in [6.45, 7) is 2.29. The van der Waals surface area contributed by atoms with E-state index in [4.69, 9.17) is 0 Å². The highest BCUT2D eigenvalue weighted by molar-refractivity contribution is 5.81. The Morgan fingerprint density at radius 1 is 1.33 bits per heavy atom. The molecule has 1 fully saturated rings. The maximum absolute atomic E-state index is 13.1. The van der Waals surface area contributed by atoms with Crippen LogP contribution >= 0.6 is 0 Å². The van der Waals surface area contributed by atoms with Crippen molar-refractivity contribution in [3.05, 3.63) is 36.0 Å². The highest BCUT2D eigenvalue weighted by Gasteiger charge is 2.39. The molecule has 5 heteroatoms. The number of benzene rings is 1. The minimum absolute atomic E-state index is 0.164. The summed E-state index contributed by atoms with van der Waals surface area (Å²) in [5.41, 5.74) is 2.26. The van der Waals surface area contributed by atoms with Crippen molar-refractivity contribution in [1.29, 1.82) is 0 Å². The number of nitrogens with zero attached hydrogens (tertiary/aromatic N) is 2. The van der Waals surface area contributed by atoms with E-state index < -0.39 is 12.5 Å². The van der Waals surface area contributed by atoms with E-state index in [1.807, 2.05) is 35.9 Å². The number of hydrogen-bond donors (Lipinski definition) is 0. The standard InChI is InChI=1S/C16H18F2N2O/c1-12-2-3-14-13(10-12)4-7-19(14)8-5-15(21)20-9-6-16(17,18)11-20/h2-4,7,10H,5-6,8-9,11H2,1H3. The van der Waals surface area contributed by atoms with Gasteiger partial charge < -0.3 is 9.47 Å². The fraction of sp³-hybridized carbons (Fsp3) is 0.438. The lowest BCUT2D eigenvalue weighted by Crippen LogP contribution is -2.31. The summed E-state index contributed by atoms with van der Waals surface area (Å²) in [6, 6.07) is 8.16. The predicted molar refractivity (Wildman–Crippen MR) is 77.4 cm³/mol. The molecule has 0 aliphatic carbocycles. The van der Waals surface area contributed by atoms with E-state index in [1.165, 1.54) is 10.5 Å². The first-order valence-electron chi connectivity index (χ1n) is 7.16. The number of rotatable bonds is 3. The number of amides is 1. The smallest absolute Gasteiger partial charge is 0.267 e. The van der Waals surface area contributed by atoms with Gasteiger partial charge in [0, 0.05) is 37.6 Å². The third kappa shape index (κ3) is 2.91. The summed E-state index contributed by atoms with van der Waals surface area (Å²) in [4.78, 5) is 13.3. The number of fused-ring (bicyclic) bond motifs is 1. The second kappa shape index (κ2) is 5.13. The van der Waals surface area contributed by atoms with E-state index in [0.717, 1.165) is 10.9 Å². The van der Waals surface area contributed by atoms with Gasteiger partial charge in [0.15, 0.2) is 0 Å². The summed E-state index contributed by atoms with van der Waals surface area (Å²) < 4.78 is 28.2. The first kappa shape index (κ1) is 14.0. The van der Waals surface area contributed by atoms with Gasteiger partial charge in [-0.3, -0.25) is 4.79 Å². The van der Waals surface area contributed by atoms with Crippen molar-refractivity contribution in [3.63, 3.8) is 0 Å². The molecule has 3 nitrogen and oxygen atoms in total. The zero-order valence-electron chi connectivity index (χ0n) is 12.0. The van der Waals surface area contributed by atoms with E-state index in [0.29, 0.717) is 6.54 Å². The van der Waals surface area contributed by atoms with Crippen LogP contribution < -0.4 is 0 Å². The maximum Gasteiger partial charge on any atom is 0.267 e. The number of alkyl halides is 2. The number of halogens is 2. The molecule has 2 heterocycles. The van der Waals surface area contributed by atoms with Gasteiger partial charge in [-0.15, -0.1) is 0 Å². The second-order valence-corrected chi connectivity index (χ2v) is 5.74. The Labute approximate surface area is 122 Å². The van der Waals surface area contributed by atoms with Crippen molar-refractivity contribution in [2.75, 3.05) is 13.1 Å². The highest BCUT2D eigenvalue weighted by atomic mass is 19.3. The molecule has 1 amide bonds. The van der Waals surface area contributed by atoms with Crippen molar-refractivity contribution in [3.8, 4) is 0 Å². The molecular formula is C16H18F2N2O. The molecule has 1 aliphatic heterocycles. The molecule has 1 saturated heterocycles. The van der Waals surface area contributed by atoms with Gasteiger partial charge in [-0.05, 0) is 30.5 Å². The van der Waals surface area contributed by atoms with E-state index in [9.17, 15) is 13.6 Å². The van der Waals surface area contributed by atoms with Gasteiger partial charge in [0.05, 0.1) is 6.54 Å².